The van der Waals surface area contributed by atoms with Crippen molar-refractivity contribution in [2.45, 2.75) is 6.42 Å². The molecule has 2 nitrogen and oxygen atoms in total. The molecule has 1 unspecified atom stereocenters. The summed E-state index contributed by atoms with van der Waals surface area (Å²) < 4.78 is 0.892. The summed E-state index contributed by atoms with van der Waals surface area (Å²) in [5.74, 6) is 4.40. The highest BCUT2D eigenvalue weighted by Gasteiger charge is 2.14. The van der Waals surface area contributed by atoms with Gasteiger partial charge < -0.3 is 5.32 Å². The van der Waals surface area contributed by atoms with E-state index in [1.807, 2.05) is 18.2 Å². The molecule has 1 aliphatic rings. The first-order valence-corrected chi connectivity index (χ1v) is 6.73. The molecular weight excluding hydrogens is 260 g/mol. The molecule has 0 aromatic carbocycles. The maximum Gasteiger partial charge on any atom is 0.127 e. The Morgan fingerprint density at radius 3 is 3.21 bits per heavy atom. The van der Waals surface area contributed by atoms with E-state index in [2.05, 4.69) is 38.0 Å². The number of hydrogen-bond donors (Lipinski definition) is 1. The maximum atomic E-state index is 4.33. The highest BCUT2D eigenvalue weighted by atomic mass is 79.9. The van der Waals surface area contributed by atoms with E-state index in [9.17, 15) is 0 Å². The number of nitrogens with one attached hydrogen (secondary N) is 1. The van der Waals surface area contributed by atoms with Gasteiger partial charge >= 0.3 is 0 Å². The molecule has 2 heterocycles. The molecule has 0 bridgehead atoms. The number of pyridine rings is 1. The van der Waals surface area contributed by atoms with Gasteiger partial charge in [-0.2, -0.15) is 11.8 Å². The van der Waals surface area contributed by atoms with Gasteiger partial charge in [-0.15, -0.1) is 0 Å². The van der Waals surface area contributed by atoms with Crippen LogP contribution in [0, 0.1) is 5.92 Å². The van der Waals surface area contributed by atoms with Gasteiger partial charge in [-0.05, 0) is 51.9 Å². The predicted octanol–water partition coefficient (Wildman–Crippen LogP) is 3.01. The van der Waals surface area contributed by atoms with Crippen molar-refractivity contribution in [1.29, 1.82) is 0 Å². The van der Waals surface area contributed by atoms with Crippen LogP contribution in [-0.2, 0) is 0 Å². The Bertz CT molecular complexity index is 300. The smallest absolute Gasteiger partial charge is 0.127 e. The van der Waals surface area contributed by atoms with Gasteiger partial charge in [-0.3, -0.25) is 0 Å². The number of thioether (sulfide) groups is 1. The van der Waals surface area contributed by atoms with Gasteiger partial charge in [0.05, 0.1) is 0 Å². The molecule has 1 aliphatic heterocycles. The van der Waals surface area contributed by atoms with Crippen molar-refractivity contribution in [2.24, 2.45) is 5.92 Å². The van der Waals surface area contributed by atoms with Crippen LogP contribution in [0.25, 0.3) is 0 Å². The Hall–Kier alpha value is -0.220. The Labute approximate surface area is 97.0 Å². The molecule has 14 heavy (non-hydrogen) atoms. The van der Waals surface area contributed by atoms with E-state index in [0.717, 1.165) is 22.9 Å². The number of hydrogen-bond acceptors (Lipinski definition) is 3. The molecule has 0 radical (unpaired) electrons. The lowest BCUT2D eigenvalue weighted by atomic mass is 10.1. The van der Waals surface area contributed by atoms with Gasteiger partial charge in [0.2, 0.25) is 0 Å². The van der Waals surface area contributed by atoms with Crippen LogP contribution < -0.4 is 5.32 Å². The van der Waals surface area contributed by atoms with Crippen LogP contribution in [0.5, 0.6) is 0 Å². The van der Waals surface area contributed by atoms with Crippen LogP contribution in [0.4, 0.5) is 5.82 Å². The fraction of sp³-hybridized carbons (Fsp3) is 0.500. The zero-order valence-corrected chi connectivity index (χ0v) is 10.3. The van der Waals surface area contributed by atoms with Crippen LogP contribution in [0.1, 0.15) is 6.42 Å². The van der Waals surface area contributed by atoms with E-state index in [4.69, 9.17) is 0 Å². The van der Waals surface area contributed by atoms with Crippen LogP contribution >= 0.6 is 27.7 Å². The van der Waals surface area contributed by atoms with E-state index in [-0.39, 0.29) is 0 Å². The third-order valence-corrected chi connectivity index (χ3v) is 3.98. The van der Waals surface area contributed by atoms with Crippen molar-refractivity contribution in [2.75, 3.05) is 23.4 Å². The summed E-state index contributed by atoms with van der Waals surface area (Å²) >= 11 is 5.41. The predicted molar refractivity (Wildman–Crippen MR) is 65.9 cm³/mol. The molecule has 1 atom stereocenters. The van der Waals surface area contributed by atoms with Gasteiger partial charge in [0.25, 0.3) is 0 Å². The number of nitrogens with zero attached hydrogens (tertiary/aromatic N) is 1. The van der Waals surface area contributed by atoms with Crippen molar-refractivity contribution < 1.29 is 0 Å². The first-order chi connectivity index (χ1) is 6.84. The highest BCUT2D eigenvalue weighted by Crippen LogP contribution is 2.23. The van der Waals surface area contributed by atoms with Crippen LogP contribution in [-0.4, -0.2) is 23.0 Å². The minimum Gasteiger partial charge on any atom is -0.370 e. The third kappa shape index (κ3) is 2.89. The molecule has 1 N–H and O–H groups in total. The average Bonchev–Trinajstić information content (AvgIpc) is 2.67. The number of anilines is 1. The van der Waals surface area contributed by atoms with Gasteiger partial charge in [-0.1, -0.05) is 6.07 Å². The summed E-state index contributed by atoms with van der Waals surface area (Å²) in [6.07, 6.45) is 1.34. The van der Waals surface area contributed by atoms with Gasteiger partial charge in [0.1, 0.15) is 10.4 Å². The van der Waals surface area contributed by atoms with E-state index < -0.39 is 0 Å². The van der Waals surface area contributed by atoms with Gasteiger partial charge in [0, 0.05) is 6.54 Å². The molecule has 1 aromatic rings. The van der Waals surface area contributed by atoms with Crippen molar-refractivity contribution in [3.8, 4) is 0 Å². The minimum absolute atomic E-state index is 0.820. The summed E-state index contributed by atoms with van der Waals surface area (Å²) in [6, 6.07) is 5.95. The minimum atomic E-state index is 0.820. The summed E-state index contributed by atoms with van der Waals surface area (Å²) in [4.78, 5) is 4.33. The highest BCUT2D eigenvalue weighted by molar-refractivity contribution is 9.10. The second-order valence-corrected chi connectivity index (χ2v) is 5.42. The lowest BCUT2D eigenvalue weighted by molar-refractivity contribution is 0.630. The average molecular weight is 273 g/mol. The second-order valence-electron chi connectivity index (χ2n) is 3.46. The summed E-state index contributed by atoms with van der Waals surface area (Å²) in [5.41, 5.74) is 0. The fourth-order valence-corrected chi connectivity index (χ4v) is 3.13. The van der Waals surface area contributed by atoms with Crippen LogP contribution in [0.2, 0.25) is 0 Å². The van der Waals surface area contributed by atoms with E-state index in [1.54, 1.807) is 0 Å². The van der Waals surface area contributed by atoms with Crippen molar-refractivity contribution in [3.05, 3.63) is 22.8 Å². The van der Waals surface area contributed by atoms with E-state index >= 15 is 0 Å². The quantitative estimate of drug-likeness (QED) is 0.857. The van der Waals surface area contributed by atoms with E-state index in [0.29, 0.717) is 0 Å². The maximum absolute atomic E-state index is 4.33. The molecule has 4 heteroatoms. The fourth-order valence-electron chi connectivity index (χ4n) is 1.50. The SMILES string of the molecule is Brc1cccc(NCC2CCSC2)n1. The van der Waals surface area contributed by atoms with E-state index in [1.165, 1.54) is 17.9 Å². The molecule has 0 spiro atoms. The number of halogens is 1. The Kier molecular flexibility index (Phi) is 3.70. The summed E-state index contributed by atoms with van der Waals surface area (Å²) in [7, 11) is 0. The van der Waals surface area contributed by atoms with Gasteiger partial charge in [-0.25, -0.2) is 4.98 Å². The zero-order valence-electron chi connectivity index (χ0n) is 7.87. The van der Waals surface area contributed by atoms with Crippen molar-refractivity contribution >= 4 is 33.5 Å². The Balaban J connectivity index is 1.85. The monoisotopic (exact) mass is 272 g/mol. The summed E-state index contributed by atoms with van der Waals surface area (Å²) in [6.45, 7) is 1.05. The van der Waals surface area contributed by atoms with Gasteiger partial charge in [0.15, 0.2) is 0 Å². The molecule has 2 rings (SSSR count). The lowest BCUT2D eigenvalue weighted by Gasteiger charge is -2.10. The topological polar surface area (TPSA) is 24.9 Å². The number of rotatable bonds is 3. The molecule has 1 saturated heterocycles. The molecule has 1 aromatic heterocycles. The first-order valence-electron chi connectivity index (χ1n) is 4.79. The molecule has 76 valence electrons. The first kappa shape index (κ1) is 10.3. The Morgan fingerprint density at radius 1 is 1.57 bits per heavy atom. The van der Waals surface area contributed by atoms with Crippen molar-refractivity contribution in [1.82, 2.24) is 4.98 Å². The normalized spacial score (nSPS) is 21.1. The Morgan fingerprint density at radius 2 is 2.50 bits per heavy atom. The van der Waals surface area contributed by atoms with Crippen molar-refractivity contribution in [3.63, 3.8) is 0 Å². The zero-order chi connectivity index (χ0) is 9.80. The molecule has 0 saturated carbocycles. The van der Waals surface area contributed by atoms with Crippen LogP contribution in [0.3, 0.4) is 0 Å². The summed E-state index contributed by atoms with van der Waals surface area (Å²) in [5, 5.41) is 3.37. The molecule has 1 fully saturated rings. The van der Waals surface area contributed by atoms with Crippen LogP contribution in [0.15, 0.2) is 22.8 Å². The molecule has 0 aliphatic carbocycles. The third-order valence-electron chi connectivity index (χ3n) is 2.31. The largest absolute Gasteiger partial charge is 0.370 e. The standard InChI is InChI=1S/C10H13BrN2S/c11-9-2-1-3-10(13-9)12-6-8-4-5-14-7-8/h1-3,8H,4-7H2,(H,12,13). The molecule has 0 amide bonds. The molecular formula is C10H13BrN2S. The number of aromatic nitrogens is 1. The lowest BCUT2D eigenvalue weighted by Crippen LogP contribution is -2.14. The second kappa shape index (κ2) is 5.03.